The fraction of sp³-hybridized carbons (Fsp3) is 0.0741. The predicted molar refractivity (Wildman–Crippen MR) is 139 cm³/mol. The maximum atomic E-state index is 13.4. The van der Waals surface area contributed by atoms with Gasteiger partial charge in [0.2, 0.25) is 0 Å². The third kappa shape index (κ3) is 4.54. The molecule has 1 unspecified atom stereocenters. The molecule has 0 bridgehead atoms. The van der Waals surface area contributed by atoms with Crippen LogP contribution in [0.2, 0.25) is 5.15 Å². The number of para-hydroxylation sites is 1. The van der Waals surface area contributed by atoms with Crippen molar-refractivity contribution in [2.45, 2.75) is 13.1 Å². The molecule has 1 amide bonds. The molecule has 1 atom stereocenters. The minimum Gasteiger partial charge on any atom is -0.355 e. The Labute approximate surface area is 211 Å². The third-order valence-corrected chi connectivity index (χ3v) is 6.10. The van der Waals surface area contributed by atoms with Crippen molar-refractivity contribution in [3.8, 4) is 0 Å². The van der Waals surface area contributed by atoms with E-state index in [4.69, 9.17) is 11.6 Å². The van der Waals surface area contributed by atoms with Crippen LogP contribution in [-0.4, -0.2) is 27.0 Å². The number of aromatic nitrogens is 1. The van der Waals surface area contributed by atoms with Crippen LogP contribution in [0, 0.1) is 17.0 Å². The maximum absolute atomic E-state index is 13.4. The molecular weight excluding hydrogens is 478 g/mol. The average molecular weight is 498 g/mol. The summed E-state index contributed by atoms with van der Waals surface area (Å²) in [5, 5.41) is 21.6. The zero-order valence-corrected chi connectivity index (χ0v) is 19.9. The molecule has 1 aliphatic rings. The Balaban J connectivity index is 1.54. The molecule has 8 nitrogen and oxygen atoms in total. The van der Waals surface area contributed by atoms with E-state index in [1.807, 2.05) is 61.5 Å². The van der Waals surface area contributed by atoms with E-state index in [9.17, 15) is 14.9 Å². The first kappa shape index (κ1) is 23.2. The number of amides is 1. The Kier molecular flexibility index (Phi) is 6.18. The van der Waals surface area contributed by atoms with E-state index in [1.165, 1.54) is 23.4 Å². The fourth-order valence-corrected chi connectivity index (χ4v) is 4.22. The van der Waals surface area contributed by atoms with Gasteiger partial charge in [0, 0.05) is 17.0 Å². The van der Waals surface area contributed by atoms with Gasteiger partial charge in [0.15, 0.2) is 6.17 Å². The highest BCUT2D eigenvalue weighted by molar-refractivity contribution is 6.32. The van der Waals surface area contributed by atoms with Crippen molar-refractivity contribution >= 4 is 46.4 Å². The summed E-state index contributed by atoms with van der Waals surface area (Å²) in [4.78, 5) is 28.8. The summed E-state index contributed by atoms with van der Waals surface area (Å²) in [5.41, 5.74) is 3.61. The van der Waals surface area contributed by atoms with Crippen molar-refractivity contribution in [3.05, 3.63) is 122 Å². The van der Waals surface area contributed by atoms with E-state index < -0.39 is 17.0 Å². The van der Waals surface area contributed by atoms with Gasteiger partial charge in [0.05, 0.1) is 22.2 Å². The lowest BCUT2D eigenvalue weighted by Crippen LogP contribution is -2.25. The number of hydrogen-bond donors (Lipinski definition) is 1. The zero-order chi connectivity index (χ0) is 25.2. The lowest BCUT2D eigenvalue weighted by atomic mass is 10.1. The number of nitrogens with zero attached hydrogens (tertiary/aromatic N) is 4. The summed E-state index contributed by atoms with van der Waals surface area (Å²) in [6.07, 6.45) is 2.36. The van der Waals surface area contributed by atoms with Crippen molar-refractivity contribution in [2.24, 2.45) is 5.10 Å². The SMILES string of the molecule is Cc1ccc2nc(Cl)c(/C=N/N3C(=O)/C(=C/c4ccccc4[N+](=O)[O-])NC3c3ccccc3)cc2c1. The van der Waals surface area contributed by atoms with Gasteiger partial charge in [0.25, 0.3) is 11.6 Å². The molecule has 0 aliphatic carbocycles. The number of hydrazone groups is 1. The van der Waals surface area contributed by atoms with Crippen LogP contribution in [-0.2, 0) is 4.79 Å². The molecule has 5 rings (SSSR count). The van der Waals surface area contributed by atoms with Crippen molar-refractivity contribution in [1.82, 2.24) is 15.3 Å². The second-order valence-corrected chi connectivity index (χ2v) is 8.65. The Morgan fingerprint density at radius 2 is 1.81 bits per heavy atom. The number of aryl methyl sites for hydroxylation is 1. The summed E-state index contributed by atoms with van der Waals surface area (Å²) >= 11 is 6.40. The molecule has 1 N–H and O–H groups in total. The van der Waals surface area contributed by atoms with Crippen molar-refractivity contribution < 1.29 is 9.72 Å². The molecule has 0 spiro atoms. The van der Waals surface area contributed by atoms with Gasteiger partial charge in [-0.2, -0.15) is 5.10 Å². The van der Waals surface area contributed by atoms with E-state index >= 15 is 0 Å². The number of nitrogens with one attached hydrogen (secondary N) is 1. The maximum Gasteiger partial charge on any atom is 0.292 e. The van der Waals surface area contributed by atoms with Gasteiger partial charge in [-0.25, -0.2) is 9.99 Å². The minimum absolute atomic E-state index is 0.0953. The van der Waals surface area contributed by atoms with E-state index in [-0.39, 0.29) is 16.5 Å². The van der Waals surface area contributed by atoms with Crippen LogP contribution in [0.25, 0.3) is 17.0 Å². The highest BCUT2D eigenvalue weighted by Crippen LogP contribution is 2.30. The predicted octanol–water partition coefficient (Wildman–Crippen LogP) is 5.61. The molecule has 1 aromatic heterocycles. The van der Waals surface area contributed by atoms with E-state index in [0.717, 1.165) is 22.0 Å². The van der Waals surface area contributed by atoms with Gasteiger partial charge in [-0.1, -0.05) is 65.7 Å². The smallest absolute Gasteiger partial charge is 0.292 e. The summed E-state index contributed by atoms with van der Waals surface area (Å²) < 4.78 is 0. The average Bonchev–Trinajstić information content (AvgIpc) is 3.18. The number of benzene rings is 3. The molecule has 1 saturated heterocycles. The van der Waals surface area contributed by atoms with Crippen LogP contribution in [0.5, 0.6) is 0 Å². The van der Waals surface area contributed by atoms with E-state index in [1.54, 1.807) is 18.2 Å². The second kappa shape index (κ2) is 9.59. The van der Waals surface area contributed by atoms with Crippen LogP contribution in [0.3, 0.4) is 0 Å². The van der Waals surface area contributed by atoms with Gasteiger partial charge >= 0.3 is 0 Å². The number of halogens is 1. The van der Waals surface area contributed by atoms with Gasteiger partial charge in [-0.3, -0.25) is 14.9 Å². The van der Waals surface area contributed by atoms with E-state index in [2.05, 4.69) is 15.4 Å². The molecular formula is C27H20ClN5O3. The normalized spacial score (nSPS) is 16.7. The Morgan fingerprint density at radius 3 is 2.58 bits per heavy atom. The molecule has 1 fully saturated rings. The first-order valence-electron chi connectivity index (χ1n) is 11.1. The quantitative estimate of drug-likeness (QED) is 0.127. The van der Waals surface area contributed by atoms with Crippen LogP contribution >= 0.6 is 11.6 Å². The molecule has 2 heterocycles. The van der Waals surface area contributed by atoms with Crippen LogP contribution in [0.4, 0.5) is 5.69 Å². The summed E-state index contributed by atoms with van der Waals surface area (Å²) in [6, 6.07) is 23.3. The number of nitro benzene ring substituents is 1. The number of fused-ring (bicyclic) bond motifs is 1. The van der Waals surface area contributed by atoms with Crippen molar-refractivity contribution in [1.29, 1.82) is 0 Å². The first-order chi connectivity index (χ1) is 17.4. The molecule has 36 heavy (non-hydrogen) atoms. The Morgan fingerprint density at radius 1 is 1.06 bits per heavy atom. The monoisotopic (exact) mass is 497 g/mol. The highest BCUT2D eigenvalue weighted by atomic mass is 35.5. The largest absolute Gasteiger partial charge is 0.355 e. The van der Waals surface area contributed by atoms with Gasteiger partial charge < -0.3 is 5.32 Å². The number of hydrogen-bond acceptors (Lipinski definition) is 6. The standard InChI is InChI=1S/C27H20ClN5O3/c1-17-11-12-22-20(13-17)14-21(25(28)30-22)16-29-32-26(18-7-3-2-4-8-18)31-23(27(32)34)15-19-9-5-6-10-24(19)33(35)36/h2-16,26,31H,1H3/b23-15-,29-16+. The highest BCUT2D eigenvalue weighted by Gasteiger charge is 2.36. The van der Waals surface area contributed by atoms with Crippen LogP contribution in [0.15, 0.2) is 89.7 Å². The molecule has 3 aromatic carbocycles. The summed E-state index contributed by atoms with van der Waals surface area (Å²) in [5.74, 6) is -0.432. The third-order valence-electron chi connectivity index (χ3n) is 5.80. The van der Waals surface area contributed by atoms with Gasteiger partial charge in [0.1, 0.15) is 10.9 Å². The molecule has 0 saturated carbocycles. The number of nitro groups is 1. The van der Waals surface area contributed by atoms with Crippen molar-refractivity contribution in [3.63, 3.8) is 0 Å². The summed E-state index contributed by atoms with van der Waals surface area (Å²) in [7, 11) is 0. The number of carbonyl (C=O) groups excluding carboxylic acids is 1. The van der Waals surface area contributed by atoms with Crippen LogP contribution in [0.1, 0.15) is 28.4 Å². The molecule has 178 valence electrons. The molecule has 0 radical (unpaired) electrons. The lowest BCUT2D eigenvalue weighted by Gasteiger charge is -2.19. The van der Waals surface area contributed by atoms with Crippen molar-refractivity contribution in [2.75, 3.05) is 0 Å². The number of rotatable bonds is 5. The topological polar surface area (TPSA) is 101 Å². The Bertz CT molecular complexity index is 1550. The minimum atomic E-state index is -0.613. The van der Waals surface area contributed by atoms with Gasteiger partial charge in [-0.15, -0.1) is 0 Å². The fourth-order valence-electron chi connectivity index (χ4n) is 4.03. The molecule has 1 aliphatic heterocycles. The van der Waals surface area contributed by atoms with E-state index in [0.29, 0.717) is 11.1 Å². The summed E-state index contributed by atoms with van der Waals surface area (Å²) in [6.45, 7) is 1.99. The van der Waals surface area contributed by atoms with Gasteiger partial charge in [-0.05, 0) is 42.8 Å². The molecule has 4 aromatic rings. The van der Waals surface area contributed by atoms with Crippen LogP contribution < -0.4 is 5.32 Å². The second-order valence-electron chi connectivity index (χ2n) is 8.29. The Hall–Kier alpha value is -4.56. The number of carbonyl (C=O) groups is 1. The zero-order valence-electron chi connectivity index (χ0n) is 19.1. The molecule has 9 heteroatoms. The lowest BCUT2D eigenvalue weighted by molar-refractivity contribution is -0.385. The first-order valence-corrected chi connectivity index (χ1v) is 11.5. The number of pyridine rings is 1.